The van der Waals surface area contributed by atoms with Crippen molar-refractivity contribution in [1.82, 2.24) is 25.2 Å². The van der Waals surface area contributed by atoms with Crippen LogP contribution in [0.2, 0.25) is 0 Å². The van der Waals surface area contributed by atoms with Gasteiger partial charge in [0.2, 0.25) is 0 Å². The Morgan fingerprint density at radius 3 is 2.84 bits per heavy atom. The number of nitrogens with one attached hydrogen (secondary N) is 1. The first kappa shape index (κ1) is 16.0. The van der Waals surface area contributed by atoms with Crippen molar-refractivity contribution >= 4 is 0 Å². The van der Waals surface area contributed by atoms with Gasteiger partial charge >= 0.3 is 0 Å². The molecule has 2 aromatic heterocycles. The van der Waals surface area contributed by atoms with Gasteiger partial charge in [-0.05, 0) is 57.5 Å². The van der Waals surface area contributed by atoms with Crippen molar-refractivity contribution in [2.24, 2.45) is 0 Å². The number of hydrogen-bond acceptors (Lipinski definition) is 5. The van der Waals surface area contributed by atoms with Gasteiger partial charge in [-0.1, -0.05) is 5.16 Å². The quantitative estimate of drug-likeness (QED) is 0.773. The molecule has 25 heavy (non-hydrogen) atoms. The molecule has 0 bridgehead atoms. The van der Waals surface area contributed by atoms with Crippen LogP contribution in [0.25, 0.3) is 17.3 Å². The lowest BCUT2D eigenvalue weighted by molar-refractivity contribution is 0.416. The Bertz CT molecular complexity index is 884. The van der Waals surface area contributed by atoms with Crippen molar-refractivity contribution in [2.75, 3.05) is 7.05 Å². The minimum Gasteiger partial charge on any atom is -0.332 e. The molecule has 3 aromatic rings. The Morgan fingerprint density at radius 2 is 2.08 bits per heavy atom. The number of benzene rings is 1. The van der Waals surface area contributed by atoms with Crippen molar-refractivity contribution in [3.05, 3.63) is 47.2 Å². The van der Waals surface area contributed by atoms with Gasteiger partial charge in [0.25, 0.3) is 5.89 Å². The van der Waals surface area contributed by atoms with Crippen LogP contribution >= 0.6 is 0 Å². The summed E-state index contributed by atoms with van der Waals surface area (Å²) in [5.74, 6) is 0.866. The van der Waals surface area contributed by atoms with E-state index in [1.54, 1.807) is 12.1 Å². The number of fused-ring (bicyclic) bond motifs is 1. The van der Waals surface area contributed by atoms with Crippen LogP contribution in [0.3, 0.4) is 0 Å². The maximum Gasteiger partial charge on any atom is 0.278 e. The zero-order valence-corrected chi connectivity index (χ0v) is 14.3. The molecule has 0 saturated heterocycles. The number of nitrogens with zero attached hydrogens (tertiary/aromatic N) is 4. The summed E-state index contributed by atoms with van der Waals surface area (Å²) in [6.07, 6.45) is 3.65. The molecule has 6 nitrogen and oxygen atoms in total. The predicted molar refractivity (Wildman–Crippen MR) is 91.1 cm³/mol. The van der Waals surface area contributed by atoms with Crippen LogP contribution in [-0.2, 0) is 19.3 Å². The highest BCUT2D eigenvalue weighted by atomic mass is 19.1. The minimum absolute atomic E-state index is 0.257. The first-order valence-corrected chi connectivity index (χ1v) is 8.52. The second-order valence-electron chi connectivity index (χ2n) is 6.43. The van der Waals surface area contributed by atoms with Crippen molar-refractivity contribution in [2.45, 2.75) is 38.6 Å². The Labute approximate surface area is 145 Å². The topological polar surface area (TPSA) is 68.8 Å². The van der Waals surface area contributed by atoms with Crippen LogP contribution in [0.15, 0.2) is 28.8 Å². The van der Waals surface area contributed by atoms with Gasteiger partial charge in [-0.15, -0.1) is 0 Å². The molecule has 4 rings (SSSR count). The van der Waals surface area contributed by atoms with E-state index >= 15 is 0 Å². The fraction of sp³-hybridized carbons (Fsp3) is 0.389. The summed E-state index contributed by atoms with van der Waals surface area (Å²) in [7, 11) is 1.91. The number of likely N-dealkylation sites (N-methyl/N-ethyl adjacent to an activating group) is 1. The standard InChI is InChI=1S/C18H20FN5O/c1-11(20-2)10-16-21-18(25-23-16)17-14-4-3-5-15(14)24(22-17)13-8-6-12(19)7-9-13/h6-9,11,20H,3-5,10H2,1-2H3. The maximum absolute atomic E-state index is 13.2. The number of rotatable bonds is 5. The summed E-state index contributed by atoms with van der Waals surface area (Å²) in [5, 5.41) is 11.9. The Kier molecular flexibility index (Phi) is 4.09. The molecule has 1 unspecified atom stereocenters. The zero-order chi connectivity index (χ0) is 17.4. The first-order chi connectivity index (χ1) is 12.2. The molecule has 130 valence electrons. The fourth-order valence-corrected chi connectivity index (χ4v) is 3.21. The molecule has 0 fully saturated rings. The normalized spacial score (nSPS) is 14.7. The lowest BCUT2D eigenvalue weighted by Crippen LogP contribution is -2.24. The van der Waals surface area contributed by atoms with E-state index in [0.29, 0.717) is 18.1 Å². The third-order valence-electron chi connectivity index (χ3n) is 4.65. The van der Waals surface area contributed by atoms with E-state index in [9.17, 15) is 4.39 Å². The third-order valence-corrected chi connectivity index (χ3v) is 4.65. The van der Waals surface area contributed by atoms with Crippen LogP contribution in [0.5, 0.6) is 0 Å². The molecule has 0 radical (unpaired) electrons. The van der Waals surface area contributed by atoms with E-state index in [4.69, 9.17) is 9.62 Å². The molecular weight excluding hydrogens is 321 g/mol. The lowest BCUT2D eigenvalue weighted by atomic mass is 10.2. The molecule has 2 heterocycles. The second-order valence-corrected chi connectivity index (χ2v) is 6.43. The SMILES string of the molecule is CNC(C)Cc1noc(-c2nn(-c3ccc(F)cc3)c3c2CCC3)n1. The summed E-state index contributed by atoms with van der Waals surface area (Å²) >= 11 is 0. The van der Waals surface area contributed by atoms with Crippen LogP contribution in [-0.4, -0.2) is 33.0 Å². The summed E-state index contributed by atoms with van der Waals surface area (Å²) in [4.78, 5) is 4.51. The summed E-state index contributed by atoms with van der Waals surface area (Å²) in [6, 6.07) is 6.63. The van der Waals surface area contributed by atoms with Gasteiger partial charge in [0.1, 0.15) is 5.82 Å². The number of aromatic nitrogens is 4. The fourth-order valence-electron chi connectivity index (χ4n) is 3.21. The van der Waals surface area contributed by atoms with Crippen molar-refractivity contribution in [3.63, 3.8) is 0 Å². The molecule has 0 saturated carbocycles. The average molecular weight is 341 g/mol. The molecule has 0 aliphatic heterocycles. The third kappa shape index (κ3) is 2.95. The average Bonchev–Trinajstić information content (AvgIpc) is 3.32. The molecule has 7 heteroatoms. The van der Waals surface area contributed by atoms with E-state index in [1.165, 1.54) is 12.1 Å². The Balaban J connectivity index is 1.72. The van der Waals surface area contributed by atoms with Crippen molar-refractivity contribution < 1.29 is 8.91 Å². The van der Waals surface area contributed by atoms with Gasteiger partial charge in [-0.3, -0.25) is 0 Å². The zero-order valence-electron chi connectivity index (χ0n) is 14.3. The van der Waals surface area contributed by atoms with Gasteiger partial charge in [-0.2, -0.15) is 10.1 Å². The highest BCUT2D eigenvalue weighted by Gasteiger charge is 2.27. The highest BCUT2D eigenvalue weighted by Crippen LogP contribution is 2.33. The molecule has 1 N–H and O–H groups in total. The molecule has 1 aliphatic carbocycles. The highest BCUT2D eigenvalue weighted by molar-refractivity contribution is 5.58. The van der Waals surface area contributed by atoms with Crippen molar-refractivity contribution in [3.8, 4) is 17.3 Å². The molecule has 0 amide bonds. The van der Waals surface area contributed by atoms with E-state index in [-0.39, 0.29) is 11.9 Å². The van der Waals surface area contributed by atoms with Crippen LogP contribution in [0.4, 0.5) is 4.39 Å². The van der Waals surface area contributed by atoms with Crippen LogP contribution in [0.1, 0.15) is 30.4 Å². The number of hydrogen-bond donors (Lipinski definition) is 1. The molecule has 0 spiro atoms. The summed E-state index contributed by atoms with van der Waals surface area (Å²) in [6.45, 7) is 2.07. The van der Waals surface area contributed by atoms with Crippen molar-refractivity contribution in [1.29, 1.82) is 0 Å². The van der Waals surface area contributed by atoms with E-state index < -0.39 is 0 Å². The first-order valence-electron chi connectivity index (χ1n) is 8.52. The summed E-state index contributed by atoms with van der Waals surface area (Å²) in [5.41, 5.74) is 3.88. The number of halogens is 1. The molecular formula is C18H20FN5O. The van der Waals surface area contributed by atoms with Gasteiger partial charge in [0.05, 0.1) is 5.69 Å². The molecule has 1 aromatic carbocycles. The Morgan fingerprint density at radius 1 is 1.28 bits per heavy atom. The van der Waals surface area contributed by atoms with Gasteiger partial charge in [-0.25, -0.2) is 9.07 Å². The van der Waals surface area contributed by atoms with E-state index in [0.717, 1.165) is 41.9 Å². The van der Waals surface area contributed by atoms with Gasteiger partial charge < -0.3 is 9.84 Å². The molecule has 1 aliphatic rings. The largest absolute Gasteiger partial charge is 0.332 e. The van der Waals surface area contributed by atoms with Crippen LogP contribution < -0.4 is 5.32 Å². The molecule has 1 atom stereocenters. The smallest absolute Gasteiger partial charge is 0.278 e. The Hall–Kier alpha value is -2.54. The van der Waals surface area contributed by atoms with Gasteiger partial charge in [0.15, 0.2) is 11.5 Å². The summed E-state index contributed by atoms with van der Waals surface area (Å²) < 4.78 is 20.6. The lowest BCUT2D eigenvalue weighted by Gasteiger charge is -2.05. The second kappa shape index (κ2) is 6.40. The monoisotopic (exact) mass is 341 g/mol. The minimum atomic E-state index is -0.257. The van der Waals surface area contributed by atoms with Crippen LogP contribution in [0, 0.1) is 5.82 Å². The van der Waals surface area contributed by atoms with Gasteiger partial charge in [0, 0.05) is 23.7 Å². The van der Waals surface area contributed by atoms with E-state index in [2.05, 4.69) is 22.4 Å². The van der Waals surface area contributed by atoms with E-state index in [1.807, 2.05) is 11.7 Å². The maximum atomic E-state index is 13.2. The predicted octanol–water partition coefficient (Wildman–Crippen LogP) is 2.70.